The Labute approximate surface area is 553 Å². The average Bonchev–Trinajstić information content (AvgIpc) is 0.905. The Balaban J connectivity index is 0.000000249. The standard InChI is InChI=1S/C37H37F4N11O2.C28H39BN6O3.3CH4/c1-47(2)15-20-52-35(53)51(25-44-52)31-11-9-30(10-12-31)49-18-16-48(17-19-49)29-7-3-26(4-8-29)27-5-14-34(42-22-27)37(40,41)36(54,23-50-24-43-45-46-50)32-13-6-28(38)21-33(32)39;1-27(2)28(3,4)38-29(37-27)22-7-9-23(10-8-22)32-16-18-33(19-17-32)24-11-13-25(14-12-24)34-21-30-35(26(34)36)20-15-31(5)6;;;/h3-14,21-22,24-25,54H,15-20,23H2,1-2H3;7-14,21H,15-20H2,1-6H3;3*1H4/t36-;;;;/m0..../s1. The van der Waals surface area contributed by atoms with Gasteiger partial charge in [0.25, 0.3) is 0 Å². The number of piperazine rings is 2. The van der Waals surface area contributed by atoms with E-state index in [9.17, 15) is 23.5 Å². The number of pyridine rings is 1. The van der Waals surface area contributed by atoms with E-state index >= 15 is 8.78 Å². The Bertz CT molecular complexity index is 4020. The van der Waals surface area contributed by atoms with Crippen LogP contribution in [0.15, 0.2) is 162 Å². The molecule has 3 aliphatic rings. The third-order valence-corrected chi connectivity index (χ3v) is 17.6. The molecule has 3 fully saturated rings. The first-order valence-electron chi connectivity index (χ1n) is 30.5. The topological polar surface area (TPSA) is 194 Å². The lowest BCUT2D eigenvalue weighted by molar-refractivity contribution is -0.207. The van der Waals surface area contributed by atoms with Crippen LogP contribution < -0.4 is 36.4 Å². The van der Waals surface area contributed by atoms with E-state index in [4.69, 9.17) is 9.31 Å². The predicted octanol–water partition coefficient (Wildman–Crippen LogP) is 8.06. The SMILES string of the molecule is C.C.C.CN(C)CCn1ncn(-c2ccc(N3CCN(c4ccc(-c5ccc(C(F)(F)[C@](O)(Cn6cnnn6)c6ccc(F)cc6F)nc5)cc4)CC3)cc2)c1=O.CN(C)CCn1ncn(-c2ccc(N3CCN(c4ccc(B5OC(C)(C)C(C)(C)O5)cc4)CC3)cc2)c1=O. The fourth-order valence-electron chi connectivity index (χ4n) is 11.3. The first-order valence-corrected chi connectivity index (χ1v) is 30.5. The van der Waals surface area contributed by atoms with Crippen LogP contribution in [0.5, 0.6) is 0 Å². The van der Waals surface area contributed by atoms with E-state index < -0.39 is 41.0 Å². The van der Waals surface area contributed by atoms with Gasteiger partial charge in [0.15, 0.2) is 5.60 Å². The lowest BCUT2D eigenvalue weighted by Gasteiger charge is -2.37. The third-order valence-electron chi connectivity index (χ3n) is 17.6. The lowest BCUT2D eigenvalue weighted by Crippen LogP contribution is -2.48. The molecule has 1 N–H and O–H groups in total. The van der Waals surface area contributed by atoms with Crippen molar-refractivity contribution < 1.29 is 32.0 Å². The van der Waals surface area contributed by atoms with Crippen LogP contribution in [-0.2, 0) is 40.5 Å². The van der Waals surface area contributed by atoms with Crippen molar-refractivity contribution in [3.8, 4) is 22.5 Å². The van der Waals surface area contributed by atoms with Crippen LogP contribution in [0, 0.1) is 11.6 Å². The summed E-state index contributed by atoms with van der Waals surface area (Å²) in [6.07, 6.45) is 5.40. The molecule has 22 nitrogen and oxygen atoms in total. The van der Waals surface area contributed by atoms with Gasteiger partial charge in [-0.25, -0.2) is 41.5 Å². The number of alkyl halides is 2. The minimum Gasteiger partial charge on any atom is -0.399 e. The number of halogens is 4. The average molecular weight is 1310 g/mol. The van der Waals surface area contributed by atoms with Gasteiger partial charge in [-0.2, -0.15) is 19.0 Å². The molecule has 7 heterocycles. The van der Waals surface area contributed by atoms with Gasteiger partial charge in [0, 0.05) is 112 Å². The Kier molecular flexibility index (Phi) is 22.5. The lowest BCUT2D eigenvalue weighted by atomic mass is 9.79. The molecular weight excluding hydrogens is 1220 g/mol. The zero-order chi connectivity index (χ0) is 65.1. The number of aliphatic hydroxyl groups is 1. The minimum absolute atomic E-state index is 0. The van der Waals surface area contributed by atoms with Gasteiger partial charge < -0.3 is 43.8 Å². The van der Waals surface area contributed by atoms with E-state index in [0.717, 1.165) is 128 Å². The van der Waals surface area contributed by atoms with Crippen molar-refractivity contribution in [3.63, 3.8) is 0 Å². The summed E-state index contributed by atoms with van der Waals surface area (Å²) in [7, 11) is 7.53. The Hall–Kier alpha value is -9.02. The normalized spacial score (nSPS) is 16.0. The number of hydrogen-bond acceptors (Lipinski definition) is 17. The highest BCUT2D eigenvalue weighted by Crippen LogP contribution is 2.47. The third kappa shape index (κ3) is 15.6. The van der Waals surface area contributed by atoms with Crippen LogP contribution in [0.4, 0.5) is 40.3 Å². The fourth-order valence-corrected chi connectivity index (χ4v) is 11.3. The number of likely N-dealkylation sites (N-methyl/N-ethyl adjacent to an activating group) is 2. The van der Waals surface area contributed by atoms with Crippen molar-refractivity contribution in [3.05, 3.63) is 196 Å². The van der Waals surface area contributed by atoms with Crippen molar-refractivity contribution in [1.82, 2.24) is 63.7 Å². The molecular formula is C68H88BF4N17O5. The molecule has 0 unspecified atom stereocenters. The van der Waals surface area contributed by atoms with Gasteiger partial charge in [-0.1, -0.05) is 52.6 Å². The van der Waals surface area contributed by atoms with Gasteiger partial charge in [0.2, 0.25) is 0 Å². The molecule has 1 atom stereocenters. The maximum absolute atomic E-state index is 16.2. The summed E-state index contributed by atoms with van der Waals surface area (Å²) in [5.74, 6) is -6.49. The zero-order valence-corrected chi connectivity index (χ0v) is 52.9. The second kappa shape index (κ2) is 29.7. The number of rotatable bonds is 19. The summed E-state index contributed by atoms with van der Waals surface area (Å²) >= 11 is 0. The molecule has 12 rings (SSSR count). The summed E-state index contributed by atoms with van der Waals surface area (Å²) in [6, 6.07) is 36.8. The van der Waals surface area contributed by atoms with Gasteiger partial charge in [0.05, 0.1) is 42.2 Å². The molecule has 0 aliphatic carbocycles. The highest BCUT2D eigenvalue weighted by Gasteiger charge is 2.58. The van der Waals surface area contributed by atoms with Crippen molar-refractivity contribution in [2.45, 2.75) is 92.3 Å². The van der Waals surface area contributed by atoms with Gasteiger partial charge in [-0.15, -0.1) is 5.10 Å². The molecule has 0 radical (unpaired) electrons. The highest BCUT2D eigenvalue weighted by molar-refractivity contribution is 6.62. The van der Waals surface area contributed by atoms with Crippen molar-refractivity contribution in [1.29, 1.82) is 0 Å². The van der Waals surface area contributed by atoms with E-state index in [1.165, 1.54) is 27.3 Å². The molecule has 0 saturated carbocycles. The minimum atomic E-state index is -4.15. The molecule has 3 saturated heterocycles. The van der Waals surface area contributed by atoms with E-state index in [-0.39, 0.29) is 52.0 Å². The molecule has 0 bridgehead atoms. The Morgan fingerprint density at radius 2 is 0.968 bits per heavy atom. The van der Waals surface area contributed by atoms with Gasteiger partial charge >= 0.3 is 24.4 Å². The van der Waals surface area contributed by atoms with Crippen LogP contribution in [0.25, 0.3) is 22.5 Å². The molecule has 0 amide bonds. The van der Waals surface area contributed by atoms with Crippen molar-refractivity contribution in [2.75, 3.05) is 113 Å². The van der Waals surface area contributed by atoms with Gasteiger partial charge in [-0.3, -0.25) is 4.98 Å². The summed E-state index contributed by atoms with van der Waals surface area (Å²) in [4.78, 5) is 42.9. The predicted molar refractivity (Wildman–Crippen MR) is 366 cm³/mol. The second-order valence-electron chi connectivity index (χ2n) is 24.8. The van der Waals surface area contributed by atoms with Crippen molar-refractivity contribution in [2.24, 2.45) is 0 Å². The summed E-state index contributed by atoms with van der Waals surface area (Å²) in [5, 5.41) is 30.3. The molecule has 3 aliphatic heterocycles. The number of hydrogen-bond donors (Lipinski definition) is 1. The maximum atomic E-state index is 16.2. The van der Waals surface area contributed by atoms with Crippen LogP contribution in [-0.4, -0.2) is 181 Å². The van der Waals surface area contributed by atoms with Crippen molar-refractivity contribution >= 4 is 35.3 Å². The number of nitrogens with zero attached hydrogens (tertiary/aromatic N) is 17. The molecule has 9 aromatic rings. The van der Waals surface area contributed by atoms with E-state index in [2.05, 4.69) is 114 Å². The zero-order valence-electron chi connectivity index (χ0n) is 52.9. The number of tetrazole rings is 1. The summed E-state index contributed by atoms with van der Waals surface area (Å²) in [5.41, 5.74) is 2.50. The number of benzene rings is 5. The quantitative estimate of drug-likeness (QED) is 0.0603. The van der Waals surface area contributed by atoms with E-state index in [1.54, 1.807) is 21.8 Å². The Morgan fingerprint density at radius 3 is 1.36 bits per heavy atom. The monoisotopic (exact) mass is 1310 g/mol. The molecule has 0 spiro atoms. The van der Waals surface area contributed by atoms with Gasteiger partial charge in [-0.05, 0) is 168 Å². The largest absolute Gasteiger partial charge is 0.494 e. The fraction of sp³-hybridized carbons (Fsp3) is 0.412. The smallest absolute Gasteiger partial charge is 0.399 e. The first-order chi connectivity index (χ1) is 44.0. The Morgan fingerprint density at radius 1 is 0.558 bits per heavy atom. The number of aromatic nitrogens is 11. The number of anilines is 4. The summed E-state index contributed by atoms with van der Waals surface area (Å²) < 4.78 is 80.2. The maximum Gasteiger partial charge on any atom is 0.494 e. The van der Waals surface area contributed by atoms with Crippen LogP contribution in [0.1, 0.15) is 61.2 Å². The van der Waals surface area contributed by atoms with Crippen LogP contribution in [0.3, 0.4) is 0 Å². The van der Waals surface area contributed by atoms with E-state index in [0.29, 0.717) is 31.3 Å². The molecule has 27 heteroatoms. The van der Waals surface area contributed by atoms with Gasteiger partial charge in [0.1, 0.15) is 36.3 Å². The highest BCUT2D eigenvalue weighted by atomic mass is 19.3. The van der Waals surface area contributed by atoms with Crippen LogP contribution >= 0.6 is 0 Å². The molecule has 5 aromatic carbocycles. The first kappa shape index (κ1) is 71.8. The van der Waals surface area contributed by atoms with E-state index in [1.807, 2.05) is 98.7 Å². The molecule has 506 valence electrons. The molecule has 4 aromatic heterocycles. The second-order valence-corrected chi connectivity index (χ2v) is 24.8. The van der Waals surface area contributed by atoms with Crippen LogP contribution in [0.2, 0.25) is 0 Å². The molecule has 95 heavy (non-hydrogen) atoms. The summed E-state index contributed by atoms with van der Waals surface area (Å²) in [6.45, 7) is 16.8.